The minimum absolute atomic E-state index is 0.0746. The highest BCUT2D eigenvalue weighted by molar-refractivity contribution is 6.31. The van der Waals surface area contributed by atoms with Crippen molar-refractivity contribution in [1.29, 1.82) is 0 Å². The SMILES string of the molecule is COc1cccc(Cl)c1CC(=O)Nc1ccc(C(C)(C)C(=O)O)cc1. The molecule has 2 N–H and O–H groups in total. The van der Waals surface area contributed by atoms with Gasteiger partial charge in [-0.15, -0.1) is 0 Å². The molecule has 0 atom stereocenters. The normalized spacial score (nSPS) is 11.0. The van der Waals surface area contributed by atoms with Crippen molar-refractivity contribution in [2.45, 2.75) is 25.7 Å². The maximum atomic E-state index is 12.3. The Labute approximate surface area is 151 Å². The van der Waals surface area contributed by atoms with Crippen LogP contribution in [0.3, 0.4) is 0 Å². The molecule has 0 heterocycles. The van der Waals surface area contributed by atoms with Crippen LogP contribution in [-0.4, -0.2) is 24.1 Å². The summed E-state index contributed by atoms with van der Waals surface area (Å²) in [6.07, 6.45) is 0.0746. The molecule has 0 aromatic heterocycles. The number of hydrogen-bond donors (Lipinski definition) is 2. The first kappa shape index (κ1) is 18.8. The summed E-state index contributed by atoms with van der Waals surface area (Å²) in [6, 6.07) is 12.0. The van der Waals surface area contributed by atoms with Crippen molar-refractivity contribution in [2.24, 2.45) is 0 Å². The summed E-state index contributed by atoms with van der Waals surface area (Å²) in [5.74, 6) is -0.590. The van der Waals surface area contributed by atoms with Crippen LogP contribution in [0, 0.1) is 0 Å². The fourth-order valence-electron chi connectivity index (χ4n) is 2.36. The first-order chi connectivity index (χ1) is 11.8. The average Bonchev–Trinajstić information content (AvgIpc) is 2.57. The molecule has 0 unspecified atom stereocenters. The van der Waals surface area contributed by atoms with Gasteiger partial charge in [0.1, 0.15) is 5.75 Å². The van der Waals surface area contributed by atoms with E-state index in [1.54, 1.807) is 56.3 Å². The topological polar surface area (TPSA) is 75.6 Å². The maximum Gasteiger partial charge on any atom is 0.313 e. The average molecular weight is 362 g/mol. The van der Waals surface area contributed by atoms with E-state index in [4.69, 9.17) is 16.3 Å². The third-order valence-corrected chi connectivity index (χ3v) is 4.41. The van der Waals surface area contributed by atoms with E-state index in [0.717, 1.165) is 0 Å². The van der Waals surface area contributed by atoms with Crippen LogP contribution in [0.15, 0.2) is 42.5 Å². The molecule has 6 heteroatoms. The van der Waals surface area contributed by atoms with Gasteiger partial charge in [0, 0.05) is 16.3 Å². The first-order valence-corrected chi connectivity index (χ1v) is 8.08. The molecule has 2 aromatic carbocycles. The lowest BCUT2D eigenvalue weighted by molar-refractivity contribution is -0.142. The van der Waals surface area contributed by atoms with Gasteiger partial charge in [0.25, 0.3) is 0 Å². The van der Waals surface area contributed by atoms with Gasteiger partial charge >= 0.3 is 5.97 Å². The summed E-state index contributed by atoms with van der Waals surface area (Å²) in [5.41, 5.74) is 0.868. The number of carbonyl (C=O) groups excluding carboxylic acids is 1. The number of hydrogen-bond acceptors (Lipinski definition) is 3. The van der Waals surface area contributed by atoms with Crippen molar-refractivity contribution in [3.63, 3.8) is 0 Å². The van der Waals surface area contributed by atoms with E-state index in [1.165, 1.54) is 7.11 Å². The van der Waals surface area contributed by atoms with Gasteiger partial charge in [-0.1, -0.05) is 29.8 Å². The number of anilines is 1. The number of halogens is 1. The number of ether oxygens (including phenoxy) is 1. The molecular formula is C19H20ClNO4. The van der Waals surface area contributed by atoms with Crippen molar-refractivity contribution in [3.8, 4) is 5.75 Å². The van der Waals surface area contributed by atoms with Crippen molar-refractivity contribution in [1.82, 2.24) is 0 Å². The minimum atomic E-state index is -0.993. The van der Waals surface area contributed by atoms with Crippen molar-refractivity contribution in [3.05, 3.63) is 58.6 Å². The second kappa shape index (κ2) is 7.57. The predicted molar refractivity (Wildman–Crippen MR) is 97.4 cm³/mol. The molecule has 0 spiro atoms. The summed E-state index contributed by atoms with van der Waals surface area (Å²) in [7, 11) is 1.52. The Balaban J connectivity index is 2.11. The van der Waals surface area contributed by atoms with Gasteiger partial charge in [-0.25, -0.2) is 0 Å². The van der Waals surface area contributed by atoms with Crippen LogP contribution in [0.5, 0.6) is 5.75 Å². The Morgan fingerprint density at radius 2 is 1.80 bits per heavy atom. The highest BCUT2D eigenvalue weighted by Crippen LogP contribution is 2.28. The number of methoxy groups -OCH3 is 1. The Hall–Kier alpha value is -2.53. The maximum absolute atomic E-state index is 12.3. The van der Waals surface area contributed by atoms with E-state index in [1.807, 2.05) is 0 Å². The Morgan fingerprint density at radius 1 is 1.16 bits per heavy atom. The fourth-order valence-corrected chi connectivity index (χ4v) is 2.59. The lowest BCUT2D eigenvalue weighted by atomic mass is 9.85. The van der Waals surface area contributed by atoms with Crippen LogP contribution in [0.25, 0.3) is 0 Å². The third kappa shape index (κ3) is 4.31. The highest BCUT2D eigenvalue weighted by Gasteiger charge is 2.29. The number of aliphatic carboxylic acids is 1. The van der Waals surface area contributed by atoms with Gasteiger partial charge in [0.05, 0.1) is 18.9 Å². The molecular weight excluding hydrogens is 342 g/mol. The van der Waals surface area contributed by atoms with E-state index in [0.29, 0.717) is 27.6 Å². The Morgan fingerprint density at radius 3 is 2.36 bits per heavy atom. The molecule has 0 radical (unpaired) electrons. The Kier molecular flexibility index (Phi) is 5.69. The summed E-state index contributed by atoms with van der Waals surface area (Å²) < 4.78 is 5.23. The molecule has 5 nitrogen and oxygen atoms in total. The predicted octanol–water partition coefficient (Wildman–Crippen LogP) is 3.89. The van der Waals surface area contributed by atoms with Crippen LogP contribution in [0.4, 0.5) is 5.69 Å². The molecule has 0 fully saturated rings. The van der Waals surface area contributed by atoms with Gasteiger partial charge in [-0.05, 0) is 43.7 Å². The standard InChI is InChI=1S/C19H20ClNO4/c1-19(2,18(23)24)12-7-9-13(10-8-12)21-17(22)11-14-15(20)5-4-6-16(14)25-3/h4-10H,11H2,1-3H3,(H,21,22)(H,23,24). The van der Waals surface area contributed by atoms with E-state index >= 15 is 0 Å². The second-order valence-corrected chi connectivity index (χ2v) is 6.56. The van der Waals surface area contributed by atoms with Crippen LogP contribution < -0.4 is 10.1 Å². The molecule has 0 bridgehead atoms. The zero-order chi connectivity index (χ0) is 18.6. The van der Waals surface area contributed by atoms with E-state index in [2.05, 4.69) is 5.32 Å². The molecule has 0 saturated heterocycles. The summed E-state index contributed by atoms with van der Waals surface area (Å²) in [4.78, 5) is 23.6. The molecule has 2 rings (SSSR count). The minimum Gasteiger partial charge on any atom is -0.496 e. The van der Waals surface area contributed by atoms with Gasteiger partial charge in [0.2, 0.25) is 5.91 Å². The number of rotatable bonds is 6. The lowest BCUT2D eigenvalue weighted by Crippen LogP contribution is -2.28. The number of benzene rings is 2. The largest absolute Gasteiger partial charge is 0.496 e. The third-order valence-electron chi connectivity index (χ3n) is 4.06. The molecule has 132 valence electrons. The van der Waals surface area contributed by atoms with Gasteiger partial charge in [-0.3, -0.25) is 9.59 Å². The zero-order valence-corrected chi connectivity index (χ0v) is 15.1. The number of carboxylic acids is 1. The lowest BCUT2D eigenvalue weighted by Gasteiger charge is -2.20. The van der Waals surface area contributed by atoms with Gasteiger partial charge < -0.3 is 15.2 Å². The van der Waals surface area contributed by atoms with Crippen LogP contribution >= 0.6 is 11.6 Å². The molecule has 0 aliphatic carbocycles. The van der Waals surface area contributed by atoms with Crippen molar-refractivity contribution in [2.75, 3.05) is 12.4 Å². The Bertz CT molecular complexity index is 785. The van der Waals surface area contributed by atoms with Crippen LogP contribution in [-0.2, 0) is 21.4 Å². The zero-order valence-electron chi connectivity index (χ0n) is 14.3. The number of carboxylic acid groups (broad SMARTS) is 1. The van der Waals surface area contributed by atoms with Crippen molar-refractivity contribution < 1.29 is 19.4 Å². The van der Waals surface area contributed by atoms with Crippen molar-refractivity contribution >= 4 is 29.2 Å². The summed E-state index contributed by atoms with van der Waals surface area (Å²) in [5, 5.41) is 12.5. The summed E-state index contributed by atoms with van der Waals surface area (Å²) in [6.45, 7) is 3.26. The smallest absolute Gasteiger partial charge is 0.313 e. The number of nitrogens with one attached hydrogen (secondary N) is 1. The van der Waals surface area contributed by atoms with Crippen LogP contribution in [0.1, 0.15) is 25.0 Å². The van der Waals surface area contributed by atoms with Gasteiger partial charge in [-0.2, -0.15) is 0 Å². The fraction of sp³-hybridized carbons (Fsp3) is 0.263. The molecule has 25 heavy (non-hydrogen) atoms. The van der Waals surface area contributed by atoms with E-state index in [9.17, 15) is 14.7 Å². The molecule has 2 aromatic rings. The van der Waals surface area contributed by atoms with Crippen LogP contribution in [0.2, 0.25) is 5.02 Å². The molecule has 0 aliphatic rings. The van der Waals surface area contributed by atoms with E-state index in [-0.39, 0.29) is 12.3 Å². The molecule has 1 amide bonds. The number of carbonyl (C=O) groups is 2. The first-order valence-electron chi connectivity index (χ1n) is 7.71. The quantitative estimate of drug-likeness (QED) is 0.818. The molecule has 0 aliphatic heterocycles. The summed E-state index contributed by atoms with van der Waals surface area (Å²) >= 11 is 6.14. The highest BCUT2D eigenvalue weighted by atomic mass is 35.5. The van der Waals surface area contributed by atoms with E-state index < -0.39 is 11.4 Å². The second-order valence-electron chi connectivity index (χ2n) is 6.15. The van der Waals surface area contributed by atoms with Gasteiger partial charge in [0.15, 0.2) is 0 Å². The monoisotopic (exact) mass is 361 g/mol. The number of amides is 1. The molecule has 0 saturated carbocycles.